The molecule has 3 atom stereocenters. The van der Waals surface area contributed by atoms with E-state index in [4.69, 9.17) is 19.9 Å². The highest BCUT2D eigenvalue weighted by atomic mass is 16.7. The van der Waals surface area contributed by atoms with Gasteiger partial charge in [0.2, 0.25) is 0 Å². The van der Waals surface area contributed by atoms with E-state index in [1.165, 1.54) is 12.1 Å². The molecule has 0 aliphatic heterocycles. The summed E-state index contributed by atoms with van der Waals surface area (Å²) in [7, 11) is 0. The molecule has 0 spiro atoms. The van der Waals surface area contributed by atoms with Crippen LogP contribution in [0.25, 0.3) is 0 Å². The standard InChI is InChI=1S/C19H29NO7/c1-4-5-6-9-25-19(24)27-13(3)12(2)26-18(23)15(20)10-14-7-8-16(21)17(22)11-14/h7-8,11-13,15,21-22H,4-6,9-10,20H2,1-3H3/t12?,13-,15+/m1/s1. The summed E-state index contributed by atoms with van der Waals surface area (Å²) in [5.74, 6) is -1.21. The van der Waals surface area contributed by atoms with Crippen LogP contribution in [-0.2, 0) is 25.4 Å². The Hall–Kier alpha value is -2.48. The van der Waals surface area contributed by atoms with E-state index in [-0.39, 0.29) is 24.5 Å². The molecule has 1 aromatic carbocycles. The van der Waals surface area contributed by atoms with Gasteiger partial charge in [0.15, 0.2) is 11.5 Å². The normalized spacial score (nSPS) is 14.1. The molecule has 0 heterocycles. The van der Waals surface area contributed by atoms with Crippen LogP contribution in [0.5, 0.6) is 11.5 Å². The average Bonchev–Trinajstić information content (AvgIpc) is 2.61. The van der Waals surface area contributed by atoms with Crippen molar-refractivity contribution in [1.82, 2.24) is 0 Å². The molecule has 0 fully saturated rings. The summed E-state index contributed by atoms with van der Waals surface area (Å²) in [6, 6.07) is 3.22. The molecular weight excluding hydrogens is 354 g/mol. The van der Waals surface area contributed by atoms with Crippen molar-refractivity contribution in [1.29, 1.82) is 0 Å². The Labute approximate surface area is 159 Å². The van der Waals surface area contributed by atoms with E-state index < -0.39 is 30.4 Å². The summed E-state index contributed by atoms with van der Waals surface area (Å²) in [5, 5.41) is 18.8. The minimum Gasteiger partial charge on any atom is -0.504 e. The fourth-order valence-corrected chi connectivity index (χ4v) is 2.19. The molecule has 8 nitrogen and oxygen atoms in total. The minimum atomic E-state index is -0.968. The maximum Gasteiger partial charge on any atom is 0.508 e. The largest absolute Gasteiger partial charge is 0.508 e. The number of benzene rings is 1. The van der Waals surface area contributed by atoms with Crippen molar-refractivity contribution in [3.05, 3.63) is 23.8 Å². The lowest BCUT2D eigenvalue weighted by Gasteiger charge is -2.22. The summed E-state index contributed by atoms with van der Waals surface area (Å²) >= 11 is 0. The number of rotatable bonds is 10. The predicted molar refractivity (Wildman–Crippen MR) is 98.4 cm³/mol. The Morgan fingerprint density at radius 1 is 1.07 bits per heavy atom. The molecule has 8 heteroatoms. The molecule has 1 rings (SSSR count). The third-order valence-electron chi connectivity index (χ3n) is 4.01. The molecule has 0 saturated carbocycles. The van der Waals surface area contributed by atoms with Crippen molar-refractivity contribution < 1.29 is 34.0 Å². The molecule has 0 amide bonds. The number of carbonyl (C=O) groups is 2. The number of ether oxygens (including phenoxy) is 3. The predicted octanol–water partition coefficient (Wildman–Crippen LogP) is 2.63. The highest BCUT2D eigenvalue weighted by Crippen LogP contribution is 2.25. The third kappa shape index (κ3) is 8.17. The maximum atomic E-state index is 12.1. The van der Waals surface area contributed by atoms with E-state index in [1.54, 1.807) is 19.9 Å². The number of phenolic OH excluding ortho intramolecular Hbond substituents is 2. The van der Waals surface area contributed by atoms with Crippen LogP contribution >= 0.6 is 0 Å². The molecule has 0 aliphatic rings. The molecule has 0 saturated heterocycles. The van der Waals surface area contributed by atoms with Crippen molar-refractivity contribution >= 4 is 12.1 Å². The van der Waals surface area contributed by atoms with Gasteiger partial charge >= 0.3 is 12.1 Å². The van der Waals surface area contributed by atoms with Gasteiger partial charge < -0.3 is 30.2 Å². The van der Waals surface area contributed by atoms with Crippen LogP contribution in [-0.4, -0.2) is 47.2 Å². The van der Waals surface area contributed by atoms with Gasteiger partial charge in [0, 0.05) is 0 Å². The van der Waals surface area contributed by atoms with Gasteiger partial charge in [-0.3, -0.25) is 4.79 Å². The monoisotopic (exact) mass is 383 g/mol. The number of aromatic hydroxyl groups is 2. The van der Waals surface area contributed by atoms with Crippen LogP contribution in [0.2, 0.25) is 0 Å². The third-order valence-corrected chi connectivity index (χ3v) is 4.01. The first-order valence-corrected chi connectivity index (χ1v) is 9.04. The van der Waals surface area contributed by atoms with Crippen LogP contribution in [0, 0.1) is 0 Å². The second kappa shape index (κ2) is 11.3. The van der Waals surface area contributed by atoms with E-state index in [2.05, 4.69) is 0 Å². The molecular formula is C19H29NO7. The Bertz CT molecular complexity index is 620. The lowest BCUT2D eigenvalue weighted by atomic mass is 10.1. The van der Waals surface area contributed by atoms with E-state index in [9.17, 15) is 19.8 Å². The van der Waals surface area contributed by atoms with E-state index in [0.717, 1.165) is 19.3 Å². The highest BCUT2D eigenvalue weighted by molar-refractivity contribution is 5.76. The number of hydrogen-bond acceptors (Lipinski definition) is 8. The van der Waals surface area contributed by atoms with E-state index >= 15 is 0 Å². The SMILES string of the molecule is CCCCCOC(=O)O[C@H](C)C(C)OC(=O)[C@@H](N)Cc1ccc(O)c(O)c1. The maximum absolute atomic E-state index is 12.1. The summed E-state index contributed by atoms with van der Waals surface area (Å²) in [5.41, 5.74) is 6.40. The van der Waals surface area contributed by atoms with Crippen molar-refractivity contribution in [2.45, 2.75) is 64.7 Å². The first kappa shape index (κ1) is 22.6. The fraction of sp³-hybridized carbons (Fsp3) is 0.579. The van der Waals surface area contributed by atoms with Gasteiger partial charge in [0.25, 0.3) is 0 Å². The van der Waals surface area contributed by atoms with Crippen molar-refractivity contribution in [2.24, 2.45) is 5.73 Å². The quantitative estimate of drug-likeness (QED) is 0.319. The Balaban J connectivity index is 2.42. The van der Waals surface area contributed by atoms with E-state index in [0.29, 0.717) is 5.56 Å². The number of nitrogens with two attached hydrogens (primary N) is 1. The highest BCUT2D eigenvalue weighted by Gasteiger charge is 2.24. The number of phenols is 2. The van der Waals surface area contributed by atoms with Crippen LogP contribution in [0.4, 0.5) is 4.79 Å². The molecule has 4 N–H and O–H groups in total. The van der Waals surface area contributed by atoms with Gasteiger partial charge in [-0.2, -0.15) is 0 Å². The number of carbonyl (C=O) groups excluding carboxylic acids is 2. The van der Waals surface area contributed by atoms with Gasteiger partial charge in [0.1, 0.15) is 18.2 Å². The smallest absolute Gasteiger partial charge is 0.504 e. The second-order valence-corrected chi connectivity index (χ2v) is 6.40. The number of unbranched alkanes of at least 4 members (excludes halogenated alkanes) is 2. The molecule has 0 bridgehead atoms. The van der Waals surface area contributed by atoms with Crippen LogP contribution in [0.15, 0.2) is 18.2 Å². The van der Waals surface area contributed by atoms with Gasteiger partial charge in [-0.15, -0.1) is 0 Å². The van der Waals surface area contributed by atoms with Gasteiger partial charge in [-0.25, -0.2) is 4.79 Å². The summed E-state index contributed by atoms with van der Waals surface area (Å²) in [6.45, 7) is 5.52. The van der Waals surface area contributed by atoms with Crippen molar-refractivity contribution in [3.8, 4) is 11.5 Å². The Kier molecular flexibility index (Phi) is 9.42. The summed E-state index contributed by atoms with van der Waals surface area (Å²) < 4.78 is 15.3. The molecule has 152 valence electrons. The molecule has 27 heavy (non-hydrogen) atoms. The zero-order valence-corrected chi connectivity index (χ0v) is 16.0. The van der Waals surface area contributed by atoms with Gasteiger partial charge in [0.05, 0.1) is 6.61 Å². The fourth-order valence-electron chi connectivity index (χ4n) is 2.19. The molecule has 0 radical (unpaired) electrons. The first-order chi connectivity index (χ1) is 12.7. The van der Waals surface area contributed by atoms with Gasteiger partial charge in [-0.1, -0.05) is 25.8 Å². The minimum absolute atomic E-state index is 0.119. The first-order valence-electron chi connectivity index (χ1n) is 9.04. The van der Waals surface area contributed by atoms with Crippen LogP contribution in [0.1, 0.15) is 45.6 Å². The van der Waals surface area contributed by atoms with Crippen LogP contribution in [0.3, 0.4) is 0 Å². The molecule has 0 aliphatic carbocycles. The van der Waals surface area contributed by atoms with Crippen molar-refractivity contribution in [3.63, 3.8) is 0 Å². The Morgan fingerprint density at radius 3 is 2.37 bits per heavy atom. The zero-order chi connectivity index (χ0) is 20.4. The average molecular weight is 383 g/mol. The lowest BCUT2D eigenvalue weighted by Crippen LogP contribution is -2.39. The van der Waals surface area contributed by atoms with E-state index in [1.807, 2.05) is 6.92 Å². The second-order valence-electron chi connectivity index (χ2n) is 6.40. The number of esters is 1. The zero-order valence-electron chi connectivity index (χ0n) is 16.0. The number of hydrogen-bond donors (Lipinski definition) is 3. The lowest BCUT2D eigenvalue weighted by molar-refractivity contribution is -0.155. The molecule has 0 aromatic heterocycles. The van der Waals surface area contributed by atoms with Crippen LogP contribution < -0.4 is 5.73 Å². The summed E-state index contributed by atoms with van der Waals surface area (Å²) in [6.07, 6.45) is 0.669. The topological polar surface area (TPSA) is 128 Å². The molecule has 1 unspecified atom stereocenters. The molecule has 1 aromatic rings. The summed E-state index contributed by atoms with van der Waals surface area (Å²) in [4.78, 5) is 23.7. The van der Waals surface area contributed by atoms with Crippen molar-refractivity contribution in [2.75, 3.05) is 6.61 Å². The van der Waals surface area contributed by atoms with Gasteiger partial charge in [-0.05, 0) is 44.4 Å². The Morgan fingerprint density at radius 2 is 1.74 bits per heavy atom.